The number of carbonyl (C=O) groups is 1. The number of carbonyl (C=O) groups excluding carboxylic acids is 1. The Hall–Kier alpha value is -1.15. The number of unbranched alkanes of at least 4 members (excludes halogenated alkanes) is 1. The molecule has 0 spiro atoms. The predicted octanol–water partition coefficient (Wildman–Crippen LogP) is 5.05. The summed E-state index contributed by atoms with van der Waals surface area (Å²) in [7, 11) is 0. The monoisotopic (exact) mass is 302 g/mol. The topological polar surface area (TPSA) is 26.3 Å². The second-order valence-corrected chi connectivity index (χ2v) is 6.97. The van der Waals surface area contributed by atoms with Gasteiger partial charge in [0.05, 0.1) is 12.2 Å². The molecule has 2 heteroatoms. The minimum Gasteiger partial charge on any atom is -0.376 e. The van der Waals surface area contributed by atoms with Gasteiger partial charge in [-0.15, -0.1) is 0 Å². The van der Waals surface area contributed by atoms with Crippen LogP contribution in [-0.2, 0) is 16.0 Å². The Labute approximate surface area is 135 Å². The maximum atomic E-state index is 10.9. The Morgan fingerprint density at radius 2 is 1.91 bits per heavy atom. The molecule has 0 heterocycles. The zero-order valence-electron chi connectivity index (χ0n) is 14.3. The van der Waals surface area contributed by atoms with E-state index in [1.54, 1.807) is 6.92 Å². The molecule has 1 fully saturated rings. The largest absolute Gasteiger partial charge is 0.376 e. The van der Waals surface area contributed by atoms with Crippen molar-refractivity contribution in [3.8, 4) is 0 Å². The van der Waals surface area contributed by atoms with Gasteiger partial charge in [0.2, 0.25) is 0 Å². The second-order valence-electron chi connectivity index (χ2n) is 6.97. The van der Waals surface area contributed by atoms with Crippen molar-refractivity contribution in [3.63, 3.8) is 0 Å². The van der Waals surface area contributed by atoms with Gasteiger partial charge in [-0.2, -0.15) is 0 Å². The van der Waals surface area contributed by atoms with Crippen LogP contribution in [0.1, 0.15) is 76.3 Å². The molecule has 0 saturated heterocycles. The van der Waals surface area contributed by atoms with Crippen molar-refractivity contribution in [2.24, 2.45) is 0 Å². The average Bonchev–Trinajstić information content (AvgIpc) is 2.92. The molecule has 0 amide bonds. The summed E-state index contributed by atoms with van der Waals surface area (Å²) in [5.74, 6) is 0.963. The summed E-state index contributed by atoms with van der Waals surface area (Å²) in [6.07, 6.45) is 8.29. The highest BCUT2D eigenvalue weighted by Crippen LogP contribution is 2.36. The van der Waals surface area contributed by atoms with Crippen LogP contribution >= 0.6 is 0 Å². The lowest BCUT2D eigenvalue weighted by molar-refractivity contribution is -0.117. The summed E-state index contributed by atoms with van der Waals surface area (Å²) in [5, 5.41) is 0. The molecule has 22 heavy (non-hydrogen) atoms. The number of aryl methyl sites for hydroxylation is 1. The highest BCUT2D eigenvalue weighted by Gasteiger charge is 2.26. The summed E-state index contributed by atoms with van der Waals surface area (Å²) >= 11 is 0. The Morgan fingerprint density at radius 3 is 2.55 bits per heavy atom. The van der Waals surface area contributed by atoms with Crippen LogP contribution in [0.2, 0.25) is 0 Å². The minimum atomic E-state index is 0.301. The van der Waals surface area contributed by atoms with Gasteiger partial charge in [-0.3, -0.25) is 0 Å². The molecule has 1 aromatic carbocycles. The number of rotatable bonds is 8. The zero-order chi connectivity index (χ0) is 15.9. The lowest BCUT2D eigenvalue weighted by Gasteiger charge is -2.15. The van der Waals surface area contributed by atoms with Gasteiger partial charge < -0.3 is 9.53 Å². The van der Waals surface area contributed by atoms with Gasteiger partial charge in [0.15, 0.2) is 0 Å². The Morgan fingerprint density at radius 1 is 1.18 bits per heavy atom. The Balaban J connectivity index is 1.78. The van der Waals surface area contributed by atoms with E-state index >= 15 is 0 Å². The maximum absolute atomic E-state index is 10.9. The van der Waals surface area contributed by atoms with E-state index in [1.165, 1.54) is 24.0 Å². The molecule has 0 aliphatic heterocycles. The Kier molecular flexibility index (Phi) is 6.63. The molecule has 0 radical (unpaired) electrons. The number of hydrogen-bond acceptors (Lipinski definition) is 2. The first-order valence-corrected chi connectivity index (χ1v) is 8.78. The van der Waals surface area contributed by atoms with E-state index in [-0.39, 0.29) is 0 Å². The van der Waals surface area contributed by atoms with Crippen molar-refractivity contribution in [2.45, 2.75) is 83.8 Å². The van der Waals surface area contributed by atoms with Crippen molar-refractivity contribution in [1.29, 1.82) is 0 Å². The maximum Gasteiger partial charge on any atom is 0.129 e. The Bertz CT molecular complexity index is 461. The number of Topliss-reactive ketones (excluding diaryl/α,β-unsaturated/α-hetero) is 1. The van der Waals surface area contributed by atoms with Gasteiger partial charge in [0.25, 0.3) is 0 Å². The fourth-order valence-corrected chi connectivity index (χ4v) is 3.41. The molecule has 2 atom stereocenters. The number of ketones is 1. The van der Waals surface area contributed by atoms with Crippen LogP contribution in [0.3, 0.4) is 0 Å². The number of benzene rings is 1. The first kappa shape index (κ1) is 17.2. The summed E-state index contributed by atoms with van der Waals surface area (Å²) in [4.78, 5) is 10.9. The smallest absolute Gasteiger partial charge is 0.129 e. The molecular formula is C20H30O2. The normalized spacial score (nSPS) is 21.5. The van der Waals surface area contributed by atoms with Crippen molar-refractivity contribution in [3.05, 3.63) is 35.4 Å². The molecule has 122 valence electrons. The third-order valence-corrected chi connectivity index (χ3v) is 4.54. The molecule has 2 nitrogen and oxygen atoms in total. The van der Waals surface area contributed by atoms with E-state index in [2.05, 4.69) is 38.1 Å². The second kappa shape index (κ2) is 8.47. The summed E-state index contributed by atoms with van der Waals surface area (Å²) < 4.78 is 5.94. The van der Waals surface area contributed by atoms with Crippen LogP contribution in [0.15, 0.2) is 24.3 Å². The molecule has 1 aromatic rings. The van der Waals surface area contributed by atoms with E-state index in [0.29, 0.717) is 23.9 Å². The SMILES string of the molecule is CC(=O)CCCCc1ccc(C2CCC(OC(C)C)C2)cc1. The highest BCUT2D eigenvalue weighted by atomic mass is 16.5. The third kappa shape index (κ3) is 5.57. The van der Waals surface area contributed by atoms with E-state index < -0.39 is 0 Å². The lowest BCUT2D eigenvalue weighted by Crippen LogP contribution is -2.14. The first-order chi connectivity index (χ1) is 10.5. The van der Waals surface area contributed by atoms with Crippen LogP contribution in [0, 0.1) is 0 Å². The van der Waals surface area contributed by atoms with Gasteiger partial charge in [0.1, 0.15) is 5.78 Å². The van der Waals surface area contributed by atoms with E-state index in [1.807, 2.05) is 0 Å². The predicted molar refractivity (Wildman–Crippen MR) is 91.3 cm³/mol. The quantitative estimate of drug-likeness (QED) is 0.628. The standard InChI is InChI=1S/C20H30O2/c1-15(2)22-20-13-12-19(14-20)18-10-8-17(9-11-18)7-5-4-6-16(3)21/h8-11,15,19-20H,4-7,12-14H2,1-3H3. The molecule has 2 rings (SSSR count). The molecular weight excluding hydrogens is 272 g/mol. The van der Waals surface area contributed by atoms with Gasteiger partial charge in [-0.25, -0.2) is 0 Å². The van der Waals surface area contributed by atoms with Crippen molar-refractivity contribution in [1.82, 2.24) is 0 Å². The first-order valence-electron chi connectivity index (χ1n) is 8.78. The minimum absolute atomic E-state index is 0.301. The average molecular weight is 302 g/mol. The zero-order valence-corrected chi connectivity index (χ0v) is 14.3. The van der Waals surface area contributed by atoms with Crippen molar-refractivity contribution >= 4 is 5.78 Å². The van der Waals surface area contributed by atoms with Crippen LogP contribution in [-0.4, -0.2) is 18.0 Å². The molecule has 2 unspecified atom stereocenters. The summed E-state index contributed by atoms with van der Waals surface area (Å²) in [5.41, 5.74) is 2.85. The highest BCUT2D eigenvalue weighted by molar-refractivity contribution is 5.75. The van der Waals surface area contributed by atoms with Gasteiger partial charge in [-0.05, 0) is 76.3 Å². The molecule has 0 N–H and O–H groups in total. The fourth-order valence-electron chi connectivity index (χ4n) is 3.41. The van der Waals surface area contributed by atoms with E-state index in [9.17, 15) is 4.79 Å². The molecule has 1 aliphatic carbocycles. The van der Waals surface area contributed by atoms with Crippen LogP contribution in [0.25, 0.3) is 0 Å². The summed E-state index contributed by atoms with van der Waals surface area (Å²) in [6.45, 7) is 5.91. The number of ether oxygens (including phenoxy) is 1. The van der Waals surface area contributed by atoms with E-state index in [0.717, 1.165) is 32.1 Å². The van der Waals surface area contributed by atoms with Gasteiger partial charge in [-0.1, -0.05) is 24.3 Å². The van der Waals surface area contributed by atoms with Crippen LogP contribution in [0.4, 0.5) is 0 Å². The van der Waals surface area contributed by atoms with Crippen LogP contribution < -0.4 is 0 Å². The molecule has 1 aliphatic rings. The fraction of sp³-hybridized carbons (Fsp3) is 0.650. The third-order valence-electron chi connectivity index (χ3n) is 4.54. The van der Waals surface area contributed by atoms with E-state index in [4.69, 9.17) is 4.74 Å². The summed E-state index contributed by atoms with van der Waals surface area (Å²) in [6, 6.07) is 9.12. The number of hydrogen-bond donors (Lipinski definition) is 0. The van der Waals surface area contributed by atoms with Gasteiger partial charge in [0, 0.05) is 6.42 Å². The molecule has 0 aromatic heterocycles. The molecule has 1 saturated carbocycles. The van der Waals surface area contributed by atoms with Gasteiger partial charge >= 0.3 is 0 Å². The van der Waals surface area contributed by atoms with Crippen LogP contribution in [0.5, 0.6) is 0 Å². The van der Waals surface area contributed by atoms with Crippen molar-refractivity contribution < 1.29 is 9.53 Å². The lowest BCUT2D eigenvalue weighted by atomic mass is 9.95. The molecule has 0 bridgehead atoms. The van der Waals surface area contributed by atoms with Crippen molar-refractivity contribution in [2.75, 3.05) is 0 Å².